The number of unbranched alkanes of at least 4 members (excludes halogenated alkanes) is 12. The molecule has 6 atom stereocenters. The number of aliphatic hydroxyl groups is 2. The minimum Gasteiger partial charge on any atom is -0.462 e. The van der Waals surface area contributed by atoms with E-state index in [1.807, 2.05) is 33.3 Å². The van der Waals surface area contributed by atoms with Crippen molar-refractivity contribution in [3.63, 3.8) is 0 Å². The third-order valence-electron chi connectivity index (χ3n) is 10.0. The van der Waals surface area contributed by atoms with Gasteiger partial charge in [0.2, 0.25) is 0 Å². The van der Waals surface area contributed by atoms with Gasteiger partial charge in [-0.2, -0.15) is 0 Å². The first-order valence-electron chi connectivity index (χ1n) is 21.8. The van der Waals surface area contributed by atoms with Crippen molar-refractivity contribution in [3.8, 4) is 0 Å². The molecule has 1 saturated carbocycles. The molecule has 57 heavy (non-hydrogen) atoms. The first-order valence-corrected chi connectivity index (χ1v) is 23.3. The van der Waals surface area contributed by atoms with Crippen molar-refractivity contribution in [3.05, 3.63) is 36.5 Å². The maximum absolute atomic E-state index is 12.7. The molecule has 1 fully saturated rings. The van der Waals surface area contributed by atoms with Gasteiger partial charge in [0, 0.05) is 31.1 Å². The van der Waals surface area contributed by atoms with Gasteiger partial charge < -0.3 is 29.1 Å². The number of allylic oxidation sites excluding steroid dienone is 5. The average molecular weight is 829 g/mol. The summed E-state index contributed by atoms with van der Waals surface area (Å²) in [4.78, 5) is 48.0. The Bertz CT molecular complexity index is 1230. The van der Waals surface area contributed by atoms with Crippen molar-refractivity contribution in [2.24, 2.45) is 11.8 Å². The van der Waals surface area contributed by atoms with Crippen LogP contribution in [0.4, 0.5) is 0 Å². The number of aliphatic hydroxyl groups excluding tert-OH is 2. The number of nitrogens with zero attached hydrogens (tertiary/aromatic N) is 1. The van der Waals surface area contributed by atoms with E-state index in [-0.39, 0.29) is 44.2 Å². The van der Waals surface area contributed by atoms with Crippen molar-refractivity contribution in [1.82, 2.24) is 0 Å². The van der Waals surface area contributed by atoms with Gasteiger partial charge >= 0.3 is 19.8 Å². The fraction of sp³-hybridized carbons (Fsp3) is 0.795. The summed E-state index contributed by atoms with van der Waals surface area (Å²) in [6, 6.07) is 0. The highest BCUT2D eigenvalue weighted by molar-refractivity contribution is 7.47. The van der Waals surface area contributed by atoms with Crippen molar-refractivity contribution < 1.29 is 57.1 Å². The highest BCUT2D eigenvalue weighted by Gasteiger charge is 2.39. The third-order valence-corrected chi connectivity index (χ3v) is 11.0. The van der Waals surface area contributed by atoms with Crippen LogP contribution in [0.3, 0.4) is 0 Å². The zero-order valence-electron chi connectivity index (χ0n) is 36.0. The zero-order chi connectivity index (χ0) is 42.4. The van der Waals surface area contributed by atoms with Gasteiger partial charge in [-0.15, -0.1) is 0 Å². The van der Waals surface area contributed by atoms with Gasteiger partial charge in [0.1, 0.15) is 25.5 Å². The average Bonchev–Trinajstić information content (AvgIpc) is 3.41. The first kappa shape index (κ1) is 52.8. The van der Waals surface area contributed by atoms with E-state index in [0.717, 1.165) is 57.8 Å². The number of phosphoric acid groups is 1. The number of phosphoric ester groups is 1. The number of hydrogen-bond acceptors (Lipinski definition) is 10. The van der Waals surface area contributed by atoms with E-state index in [4.69, 9.17) is 18.5 Å². The van der Waals surface area contributed by atoms with Crippen LogP contribution in [0.1, 0.15) is 149 Å². The van der Waals surface area contributed by atoms with Crippen molar-refractivity contribution >= 4 is 25.5 Å². The molecule has 1 aliphatic carbocycles. The number of quaternary nitrogens is 1. The quantitative estimate of drug-likeness (QED) is 0.0184. The van der Waals surface area contributed by atoms with E-state index < -0.39 is 50.6 Å². The Morgan fingerprint density at radius 2 is 1.40 bits per heavy atom. The van der Waals surface area contributed by atoms with Gasteiger partial charge in [-0.1, -0.05) is 108 Å². The zero-order valence-corrected chi connectivity index (χ0v) is 36.9. The largest absolute Gasteiger partial charge is 0.472 e. The minimum absolute atomic E-state index is 0.0131. The van der Waals surface area contributed by atoms with Crippen LogP contribution in [0.25, 0.3) is 0 Å². The van der Waals surface area contributed by atoms with Crippen LogP contribution in [0.15, 0.2) is 36.5 Å². The summed E-state index contributed by atoms with van der Waals surface area (Å²) in [5.41, 5.74) is 0. The van der Waals surface area contributed by atoms with Gasteiger partial charge in [-0.05, 0) is 57.8 Å². The van der Waals surface area contributed by atoms with Crippen LogP contribution in [-0.4, -0.2) is 103 Å². The van der Waals surface area contributed by atoms with Crippen LogP contribution in [0, 0.1) is 11.8 Å². The molecule has 0 saturated heterocycles. The topological polar surface area (TPSA) is 166 Å². The number of esters is 2. The molecule has 1 rings (SSSR count). The predicted molar refractivity (Wildman–Crippen MR) is 225 cm³/mol. The van der Waals surface area contributed by atoms with E-state index in [0.29, 0.717) is 43.1 Å². The Morgan fingerprint density at radius 3 is 2.09 bits per heavy atom. The molecular formula is C44H79NO11P+. The molecule has 0 bridgehead atoms. The summed E-state index contributed by atoms with van der Waals surface area (Å²) in [7, 11) is 1.32. The molecule has 0 aromatic carbocycles. The van der Waals surface area contributed by atoms with E-state index >= 15 is 0 Å². The molecule has 0 spiro atoms. The smallest absolute Gasteiger partial charge is 0.462 e. The molecule has 330 valence electrons. The number of carbonyl (C=O) groups is 3. The number of carbonyl (C=O) groups excluding carboxylic acids is 3. The van der Waals surface area contributed by atoms with E-state index in [1.165, 1.54) is 25.7 Å². The molecule has 1 aliphatic rings. The predicted octanol–water partition coefficient (Wildman–Crippen LogP) is 8.72. The number of ether oxygens (including phenoxy) is 2. The van der Waals surface area contributed by atoms with E-state index in [9.17, 15) is 34.1 Å². The molecule has 1 unspecified atom stereocenters. The minimum atomic E-state index is -4.44. The van der Waals surface area contributed by atoms with Gasteiger partial charge in [0.05, 0.1) is 40.0 Å². The maximum Gasteiger partial charge on any atom is 0.472 e. The SMILES string of the molecule is CCCCCC/C=C\CCCCCCCC(=O)O[C@H](COC(=O)CCC/C=C\C[C@H]1[C@@H](O)CC(=O)[C@@H]1/C=C/[C@@H](O)CCCCC)COP(=O)(O)OCC[N+](C)(C)C. The van der Waals surface area contributed by atoms with Crippen molar-refractivity contribution in [2.75, 3.05) is 47.5 Å². The summed E-state index contributed by atoms with van der Waals surface area (Å²) in [5.74, 6) is -1.74. The fourth-order valence-corrected chi connectivity index (χ4v) is 7.20. The van der Waals surface area contributed by atoms with Crippen LogP contribution in [-0.2, 0) is 37.5 Å². The summed E-state index contributed by atoms with van der Waals surface area (Å²) >= 11 is 0. The lowest BCUT2D eigenvalue weighted by Crippen LogP contribution is -2.37. The van der Waals surface area contributed by atoms with Gasteiger partial charge in [-0.3, -0.25) is 23.4 Å². The van der Waals surface area contributed by atoms with Crippen LogP contribution >= 0.6 is 7.82 Å². The normalized spacial score (nSPS) is 19.8. The Kier molecular flexibility index (Phi) is 29.4. The number of hydrogen-bond donors (Lipinski definition) is 3. The van der Waals surface area contributed by atoms with Crippen LogP contribution < -0.4 is 0 Å². The lowest BCUT2D eigenvalue weighted by Gasteiger charge is -2.24. The maximum atomic E-state index is 12.7. The molecule has 3 N–H and O–H groups in total. The van der Waals surface area contributed by atoms with Crippen molar-refractivity contribution in [2.45, 2.75) is 167 Å². The summed E-state index contributed by atoms with van der Waals surface area (Å²) < 4.78 is 34.2. The lowest BCUT2D eigenvalue weighted by atomic mass is 9.90. The fourth-order valence-electron chi connectivity index (χ4n) is 6.46. The lowest BCUT2D eigenvalue weighted by molar-refractivity contribution is -0.870. The van der Waals surface area contributed by atoms with E-state index in [1.54, 1.807) is 12.2 Å². The van der Waals surface area contributed by atoms with E-state index in [2.05, 4.69) is 26.0 Å². The van der Waals surface area contributed by atoms with Gasteiger partial charge in [-0.25, -0.2) is 4.57 Å². The first-order chi connectivity index (χ1) is 27.2. The molecule has 0 amide bonds. The number of Topliss-reactive ketones (excluding diaryl/α,β-unsaturated/α-hetero) is 1. The molecule has 13 heteroatoms. The Labute approximate surface area is 344 Å². The van der Waals surface area contributed by atoms with Gasteiger partial charge in [0.15, 0.2) is 6.10 Å². The molecule has 12 nitrogen and oxygen atoms in total. The molecule has 0 aromatic rings. The summed E-state index contributed by atoms with van der Waals surface area (Å²) in [6.45, 7) is 3.97. The second-order valence-electron chi connectivity index (χ2n) is 16.5. The third kappa shape index (κ3) is 28.8. The second-order valence-corrected chi connectivity index (χ2v) is 18.0. The molecule has 0 aliphatic heterocycles. The summed E-state index contributed by atoms with van der Waals surface area (Å²) in [5, 5.41) is 20.7. The number of likely N-dealkylation sites (N-methyl/N-ethyl adjacent to an activating group) is 1. The Hall–Kier alpha value is -2.18. The number of rotatable bonds is 35. The second kappa shape index (κ2) is 31.7. The van der Waals surface area contributed by atoms with Gasteiger partial charge in [0.25, 0.3) is 0 Å². The number of ketones is 1. The van der Waals surface area contributed by atoms with Crippen LogP contribution in [0.2, 0.25) is 0 Å². The molecule has 0 aromatic heterocycles. The van der Waals surface area contributed by atoms with Crippen LogP contribution in [0.5, 0.6) is 0 Å². The highest BCUT2D eigenvalue weighted by Crippen LogP contribution is 2.43. The summed E-state index contributed by atoms with van der Waals surface area (Å²) in [6.07, 6.45) is 27.0. The Balaban J connectivity index is 2.53. The molecular weight excluding hydrogens is 749 g/mol. The molecule has 0 heterocycles. The molecule has 0 radical (unpaired) electrons. The standard InChI is InChI=1S/C44H78NO11P/c1-6-8-10-11-12-13-14-15-16-17-18-19-25-29-44(50)56-38(36-55-57(51,52)54-33-32-45(3,4)5)35-53-43(49)28-24-21-20-23-27-39-40(42(48)34-41(39)47)31-30-37(46)26-22-9-7-2/h13-14,20,23,30-31,37-41,46-47H,6-12,15-19,21-22,24-29,32-36H2,1-5H3/p+1/b14-13-,23-20-,31-30+/t37-,38+,39+,40+,41-/m0/s1. The Morgan fingerprint density at radius 1 is 0.807 bits per heavy atom. The van der Waals surface area contributed by atoms with Crippen molar-refractivity contribution in [1.29, 1.82) is 0 Å². The highest BCUT2D eigenvalue weighted by atomic mass is 31.2. The monoisotopic (exact) mass is 829 g/mol.